The topological polar surface area (TPSA) is 73.9 Å². The van der Waals surface area contributed by atoms with E-state index in [0.29, 0.717) is 6.07 Å². The van der Waals surface area contributed by atoms with E-state index in [0.717, 1.165) is 31.4 Å². The first-order valence-electron chi connectivity index (χ1n) is 7.28. The number of ether oxygens (including phenoxy) is 3. The van der Waals surface area contributed by atoms with E-state index in [1.54, 1.807) is 0 Å². The molecule has 0 aliphatic carbocycles. The Balaban J connectivity index is 2.31. The van der Waals surface area contributed by atoms with E-state index in [1.807, 2.05) is 0 Å². The van der Waals surface area contributed by atoms with Crippen molar-refractivity contribution in [3.8, 4) is 11.5 Å². The molecule has 0 aliphatic heterocycles. The summed E-state index contributed by atoms with van der Waals surface area (Å²) in [4.78, 5) is 23.7. The first-order chi connectivity index (χ1) is 12.8. The molecule has 0 atom stereocenters. The SMILES string of the molecule is COC(=O)c1cc(NC(=O)c2ccc(OC(F)F)c(OC)c2)c(F)cc1F. The Hall–Kier alpha value is -3.30. The van der Waals surface area contributed by atoms with Crippen LogP contribution in [0.5, 0.6) is 11.5 Å². The quantitative estimate of drug-likeness (QED) is 0.606. The Morgan fingerprint density at radius 2 is 1.70 bits per heavy atom. The molecule has 2 aromatic rings. The summed E-state index contributed by atoms with van der Waals surface area (Å²) in [7, 11) is 2.19. The molecule has 0 spiro atoms. The summed E-state index contributed by atoms with van der Waals surface area (Å²) >= 11 is 0. The van der Waals surface area contributed by atoms with Gasteiger partial charge in [0.25, 0.3) is 5.91 Å². The summed E-state index contributed by atoms with van der Waals surface area (Å²) in [6.45, 7) is -3.09. The average molecular weight is 387 g/mol. The van der Waals surface area contributed by atoms with E-state index in [-0.39, 0.29) is 17.1 Å². The van der Waals surface area contributed by atoms with E-state index >= 15 is 0 Å². The van der Waals surface area contributed by atoms with Crippen molar-refractivity contribution in [3.63, 3.8) is 0 Å². The van der Waals surface area contributed by atoms with Gasteiger partial charge in [0.15, 0.2) is 11.5 Å². The van der Waals surface area contributed by atoms with E-state index < -0.39 is 41.4 Å². The number of hydrogen-bond acceptors (Lipinski definition) is 5. The van der Waals surface area contributed by atoms with Gasteiger partial charge in [-0.3, -0.25) is 4.79 Å². The lowest BCUT2D eigenvalue weighted by molar-refractivity contribution is -0.0512. The molecule has 1 N–H and O–H groups in total. The predicted molar refractivity (Wildman–Crippen MR) is 85.3 cm³/mol. The molecule has 0 unspecified atom stereocenters. The van der Waals surface area contributed by atoms with Crippen LogP contribution in [0.1, 0.15) is 20.7 Å². The van der Waals surface area contributed by atoms with Crippen molar-refractivity contribution in [2.75, 3.05) is 19.5 Å². The smallest absolute Gasteiger partial charge is 0.387 e. The summed E-state index contributed by atoms with van der Waals surface area (Å²) in [6, 6.07) is 4.50. The zero-order valence-electron chi connectivity index (χ0n) is 14.0. The van der Waals surface area contributed by atoms with E-state index in [9.17, 15) is 27.2 Å². The lowest BCUT2D eigenvalue weighted by atomic mass is 10.1. The third-order valence-corrected chi connectivity index (χ3v) is 3.35. The third kappa shape index (κ3) is 4.66. The normalized spacial score (nSPS) is 10.5. The Morgan fingerprint density at radius 3 is 2.30 bits per heavy atom. The van der Waals surface area contributed by atoms with Crippen LogP contribution >= 0.6 is 0 Å². The monoisotopic (exact) mass is 387 g/mol. The molecule has 27 heavy (non-hydrogen) atoms. The second-order valence-corrected chi connectivity index (χ2v) is 5.00. The van der Waals surface area contributed by atoms with E-state index in [2.05, 4.69) is 14.8 Å². The summed E-state index contributed by atoms with van der Waals surface area (Å²) in [6.07, 6.45) is 0. The fourth-order valence-corrected chi connectivity index (χ4v) is 2.11. The molecular formula is C17H13F4NO5. The minimum atomic E-state index is -3.09. The summed E-state index contributed by atoms with van der Waals surface area (Å²) in [5.74, 6) is -4.66. The first kappa shape index (κ1) is 20.0. The number of carbonyl (C=O) groups is 2. The lowest BCUT2D eigenvalue weighted by Crippen LogP contribution is -2.15. The molecule has 10 heteroatoms. The van der Waals surface area contributed by atoms with Gasteiger partial charge >= 0.3 is 12.6 Å². The van der Waals surface area contributed by atoms with Crippen LogP contribution in [0.15, 0.2) is 30.3 Å². The molecule has 2 rings (SSSR count). The minimum absolute atomic E-state index is 0.0863. The second-order valence-electron chi connectivity index (χ2n) is 5.00. The molecule has 0 aromatic heterocycles. The standard InChI is InChI=1S/C17H13F4NO5/c1-25-14-5-8(3-4-13(14)27-17(20)21)15(23)22-12-6-9(16(24)26-2)10(18)7-11(12)19/h3-7,17H,1-2H3,(H,22,23). The number of alkyl halides is 2. The van der Waals surface area contributed by atoms with Crippen LogP contribution < -0.4 is 14.8 Å². The number of hydrogen-bond donors (Lipinski definition) is 1. The van der Waals surface area contributed by atoms with Crippen LogP contribution in [0.3, 0.4) is 0 Å². The van der Waals surface area contributed by atoms with Crippen molar-refractivity contribution in [1.29, 1.82) is 0 Å². The fraction of sp³-hybridized carbons (Fsp3) is 0.176. The van der Waals surface area contributed by atoms with Crippen LogP contribution in [-0.2, 0) is 4.74 Å². The van der Waals surface area contributed by atoms with E-state index in [1.165, 1.54) is 7.11 Å². The molecule has 1 amide bonds. The molecule has 144 valence electrons. The Labute approximate surface area is 150 Å². The fourth-order valence-electron chi connectivity index (χ4n) is 2.11. The van der Waals surface area contributed by atoms with Gasteiger partial charge in [-0.25, -0.2) is 13.6 Å². The van der Waals surface area contributed by atoms with Crippen molar-refractivity contribution in [2.24, 2.45) is 0 Å². The van der Waals surface area contributed by atoms with Crippen molar-refractivity contribution < 1.29 is 41.4 Å². The highest BCUT2D eigenvalue weighted by Crippen LogP contribution is 2.30. The van der Waals surface area contributed by atoms with Gasteiger partial charge in [-0.05, 0) is 24.3 Å². The highest BCUT2D eigenvalue weighted by atomic mass is 19.3. The maximum atomic E-state index is 13.9. The minimum Gasteiger partial charge on any atom is -0.493 e. The number of halogens is 4. The van der Waals surface area contributed by atoms with Gasteiger partial charge in [0, 0.05) is 11.6 Å². The number of nitrogens with one attached hydrogen (secondary N) is 1. The highest BCUT2D eigenvalue weighted by Gasteiger charge is 2.19. The molecule has 0 heterocycles. The molecule has 2 aromatic carbocycles. The van der Waals surface area contributed by atoms with Crippen LogP contribution in [0.4, 0.5) is 23.2 Å². The molecule has 0 fully saturated rings. The number of esters is 1. The van der Waals surface area contributed by atoms with Crippen LogP contribution in [-0.4, -0.2) is 32.7 Å². The van der Waals surface area contributed by atoms with Crippen molar-refractivity contribution in [3.05, 3.63) is 53.1 Å². The number of benzene rings is 2. The van der Waals surface area contributed by atoms with Crippen molar-refractivity contribution >= 4 is 17.6 Å². The molecule has 0 saturated carbocycles. The number of anilines is 1. The third-order valence-electron chi connectivity index (χ3n) is 3.35. The Bertz CT molecular complexity index is 873. The maximum Gasteiger partial charge on any atom is 0.387 e. The molecular weight excluding hydrogens is 374 g/mol. The largest absolute Gasteiger partial charge is 0.493 e. The van der Waals surface area contributed by atoms with Crippen LogP contribution in [0.25, 0.3) is 0 Å². The van der Waals surface area contributed by atoms with Crippen LogP contribution in [0, 0.1) is 11.6 Å². The molecule has 0 saturated heterocycles. The first-order valence-corrected chi connectivity index (χ1v) is 7.28. The van der Waals surface area contributed by atoms with Gasteiger partial charge in [-0.15, -0.1) is 0 Å². The molecule has 0 aliphatic rings. The van der Waals surface area contributed by atoms with Gasteiger partial charge in [-0.1, -0.05) is 0 Å². The van der Waals surface area contributed by atoms with Gasteiger partial charge in [0.05, 0.1) is 25.5 Å². The zero-order chi connectivity index (χ0) is 20.1. The number of carbonyl (C=O) groups excluding carboxylic acids is 2. The second kappa shape index (κ2) is 8.39. The zero-order valence-corrected chi connectivity index (χ0v) is 14.0. The Kier molecular flexibility index (Phi) is 6.22. The summed E-state index contributed by atoms with van der Waals surface area (Å²) in [5.41, 5.74) is -1.14. The van der Waals surface area contributed by atoms with Gasteiger partial charge in [0.2, 0.25) is 0 Å². The van der Waals surface area contributed by atoms with Crippen molar-refractivity contribution in [2.45, 2.75) is 6.61 Å². The summed E-state index contributed by atoms with van der Waals surface area (Å²) in [5, 5.41) is 2.15. The molecule has 0 bridgehead atoms. The molecule has 6 nitrogen and oxygen atoms in total. The average Bonchev–Trinajstić information content (AvgIpc) is 2.63. The summed E-state index contributed by atoms with van der Waals surface area (Å²) < 4.78 is 65.6. The Morgan fingerprint density at radius 1 is 1.00 bits per heavy atom. The molecule has 0 radical (unpaired) electrons. The number of rotatable bonds is 6. The number of amides is 1. The predicted octanol–water partition coefficient (Wildman–Crippen LogP) is 3.61. The van der Waals surface area contributed by atoms with Gasteiger partial charge in [-0.2, -0.15) is 8.78 Å². The lowest BCUT2D eigenvalue weighted by Gasteiger charge is -2.12. The van der Waals surface area contributed by atoms with Gasteiger partial charge < -0.3 is 19.5 Å². The van der Waals surface area contributed by atoms with Crippen molar-refractivity contribution in [1.82, 2.24) is 0 Å². The maximum absolute atomic E-state index is 13.9. The number of methoxy groups -OCH3 is 2. The van der Waals surface area contributed by atoms with Crippen LogP contribution in [0.2, 0.25) is 0 Å². The van der Waals surface area contributed by atoms with Gasteiger partial charge in [0.1, 0.15) is 11.6 Å². The van der Waals surface area contributed by atoms with E-state index in [4.69, 9.17) is 4.74 Å². The highest BCUT2D eigenvalue weighted by molar-refractivity contribution is 6.05.